The number of carbonyl (C=O) groups excluding carboxylic acids is 1. The van der Waals surface area contributed by atoms with Crippen molar-refractivity contribution in [2.45, 2.75) is 13.8 Å². The molecule has 1 amide bonds. The second-order valence-corrected chi connectivity index (χ2v) is 5.45. The molecular weight excluding hydrogens is 288 g/mol. The predicted molar refractivity (Wildman–Crippen MR) is 81.3 cm³/mol. The summed E-state index contributed by atoms with van der Waals surface area (Å²) in [4.78, 5) is 17.6. The van der Waals surface area contributed by atoms with Crippen LogP contribution in [0.1, 0.15) is 21.7 Å². The summed E-state index contributed by atoms with van der Waals surface area (Å²) in [6.07, 6.45) is 0. The number of rotatable bonds is 3. The monoisotopic (exact) mass is 302 g/mol. The van der Waals surface area contributed by atoms with E-state index in [1.165, 1.54) is 11.3 Å². The third kappa shape index (κ3) is 2.36. The molecule has 108 valence electrons. The van der Waals surface area contributed by atoms with E-state index in [0.717, 1.165) is 5.56 Å². The van der Waals surface area contributed by atoms with Crippen LogP contribution < -0.4 is 10.1 Å². The van der Waals surface area contributed by atoms with Gasteiger partial charge in [-0.2, -0.15) is 9.61 Å². The first-order valence-electron chi connectivity index (χ1n) is 6.35. The zero-order chi connectivity index (χ0) is 15.0. The second-order valence-electron chi connectivity index (χ2n) is 4.64. The lowest BCUT2D eigenvalue weighted by molar-refractivity contribution is 0.101. The molecule has 6 nitrogen and oxygen atoms in total. The van der Waals surface area contributed by atoms with Gasteiger partial charge in [0.15, 0.2) is 5.69 Å². The number of fused-ring (bicyclic) bond motifs is 1. The first-order valence-corrected chi connectivity index (χ1v) is 7.23. The fourth-order valence-electron chi connectivity index (χ4n) is 2.16. The van der Waals surface area contributed by atoms with Gasteiger partial charge in [0, 0.05) is 0 Å². The molecule has 0 aliphatic carbocycles. The van der Waals surface area contributed by atoms with Gasteiger partial charge in [0.1, 0.15) is 11.3 Å². The smallest absolute Gasteiger partial charge is 0.276 e. The molecule has 3 aromatic rings. The molecule has 3 rings (SSSR count). The van der Waals surface area contributed by atoms with Gasteiger partial charge in [0.2, 0.25) is 4.96 Å². The molecule has 21 heavy (non-hydrogen) atoms. The minimum absolute atomic E-state index is 0.255. The van der Waals surface area contributed by atoms with Gasteiger partial charge in [0.25, 0.3) is 5.91 Å². The fourth-order valence-corrected chi connectivity index (χ4v) is 2.82. The Hall–Kier alpha value is -2.41. The Morgan fingerprint density at radius 1 is 1.38 bits per heavy atom. The van der Waals surface area contributed by atoms with E-state index in [-0.39, 0.29) is 5.91 Å². The van der Waals surface area contributed by atoms with Crippen LogP contribution in [-0.4, -0.2) is 27.6 Å². The Morgan fingerprint density at radius 2 is 2.19 bits per heavy atom. The highest BCUT2D eigenvalue weighted by Gasteiger charge is 2.19. The van der Waals surface area contributed by atoms with Crippen LogP contribution in [-0.2, 0) is 0 Å². The minimum Gasteiger partial charge on any atom is -0.495 e. The molecule has 0 aliphatic rings. The summed E-state index contributed by atoms with van der Waals surface area (Å²) < 4.78 is 6.82. The Morgan fingerprint density at radius 3 is 2.95 bits per heavy atom. The summed E-state index contributed by atoms with van der Waals surface area (Å²) in [6.45, 7) is 3.75. The van der Waals surface area contributed by atoms with E-state index in [2.05, 4.69) is 15.4 Å². The SMILES string of the molecule is COc1ccc(C)cc1NC(=O)c1c(C)nc2scnn12. The molecule has 0 bridgehead atoms. The average molecular weight is 302 g/mol. The van der Waals surface area contributed by atoms with E-state index in [1.54, 1.807) is 24.1 Å². The molecule has 1 N–H and O–H groups in total. The fraction of sp³-hybridized carbons (Fsp3) is 0.214. The van der Waals surface area contributed by atoms with Crippen molar-refractivity contribution in [1.29, 1.82) is 0 Å². The molecule has 2 heterocycles. The van der Waals surface area contributed by atoms with Crippen LogP contribution in [0.2, 0.25) is 0 Å². The third-order valence-electron chi connectivity index (χ3n) is 3.14. The summed E-state index contributed by atoms with van der Waals surface area (Å²) in [5.74, 6) is 0.362. The van der Waals surface area contributed by atoms with E-state index in [9.17, 15) is 4.79 Å². The number of benzene rings is 1. The maximum atomic E-state index is 12.5. The summed E-state index contributed by atoms with van der Waals surface area (Å²) in [5, 5.41) is 7.01. The number of methoxy groups -OCH3 is 1. The normalized spacial score (nSPS) is 10.8. The molecule has 2 aromatic heterocycles. The Labute approximate surface area is 125 Å². The van der Waals surface area contributed by atoms with Crippen molar-refractivity contribution in [2.24, 2.45) is 0 Å². The van der Waals surface area contributed by atoms with Crippen LogP contribution in [0, 0.1) is 13.8 Å². The van der Waals surface area contributed by atoms with Crippen molar-refractivity contribution in [1.82, 2.24) is 14.6 Å². The van der Waals surface area contributed by atoms with Crippen molar-refractivity contribution < 1.29 is 9.53 Å². The van der Waals surface area contributed by atoms with E-state index < -0.39 is 0 Å². The number of nitrogens with zero attached hydrogens (tertiary/aromatic N) is 3. The first-order chi connectivity index (χ1) is 10.1. The molecule has 0 fully saturated rings. The topological polar surface area (TPSA) is 68.5 Å². The number of hydrogen-bond donors (Lipinski definition) is 1. The number of carbonyl (C=O) groups is 1. The van der Waals surface area contributed by atoms with Crippen molar-refractivity contribution in [3.05, 3.63) is 40.7 Å². The lowest BCUT2D eigenvalue weighted by Crippen LogP contribution is -2.16. The number of aryl methyl sites for hydroxylation is 2. The van der Waals surface area contributed by atoms with E-state index in [0.29, 0.717) is 27.8 Å². The molecule has 0 unspecified atom stereocenters. The van der Waals surface area contributed by atoms with E-state index >= 15 is 0 Å². The number of anilines is 1. The highest BCUT2D eigenvalue weighted by atomic mass is 32.1. The van der Waals surface area contributed by atoms with Gasteiger partial charge >= 0.3 is 0 Å². The van der Waals surface area contributed by atoms with Crippen LogP contribution >= 0.6 is 11.3 Å². The van der Waals surface area contributed by atoms with Crippen molar-refractivity contribution in [3.8, 4) is 5.75 Å². The van der Waals surface area contributed by atoms with Gasteiger partial charge in [0.05, 0.1) is 18.5 Å². The highest BCUT2D eigenvalue weighted by molar-refractivity contribution is 7.14. The van der Waals surface area contributed by atoms with Crippen molar-refractivity contribution in [2.75, 3.05) is 12.4 Å². The molecule has 7 heteroatoms. The standard InChI is InChI=1S/C14H14N4O2S/c1-8-4-5-11(20-3)10(6-8)17-13(19)12-9(2)16-14-18(12)15-7-21-14/h4-7H,1-3H3,(H,17,19). The molecule has 0 saturated heterocycles. The number of amides is 1. The van der Waals surface area contributed by atoms with Crippen LogP contribution in [0.5, 0.6) is 5.75 Å². The quantitative estimate of drug-likeness (QED) is 0.807. The van der Waals surface area contributed by atoms with E-state index in [4.69, 9.17) is 4.74 Å². The molecule has 0 saturated carbocycles. The second kappa shape index (κ2) is 5.17. The van der Waals surface area contributed by atoms with Gasteiger partial charge in [-0.1, -0.05) is 17.4 Å². The van der Waals surface area contributed by atoms with Crippen LogP contribution in [0.25, 0.3) is 4.96 Å². The van der Waals surface area contributed by atoms with Crippen LogP contribution in [0.3, 0.4) is 0 Å². The molecule has 0 radical (unpaired) electrons. The van der Waals surface area contributed by atoms with Gasteiger partial charge < -0.3 is 10.1 Å². The zero-order valence-corrected chi connectivity index (χ0v) is 12.7. The summed E-state index contributed by atoms with van der Waals surface area (Å²) >= 11 is 1.39. The highest BCUT2D eigenvalue weighted by Crippen LogP contribution is 2.26. The number of ether oxygens (including phenoxy) is 1. The van der Waals surface area contributed by atoms with Gasteiger partial charge in [-0.25, -0.2) is 4.98 Å². The lowest BCUT2D eigenvalue weighted by atomic mass is 10.2. The Bertz CT molecular complexity index is 822. The van der Waals surface area contributed by atoms with Crippen molar-refractivity contribution in [3.63, 3.8) is 0 Å². The van der Waals surface area contributed by atoms with Gasteiger partial charge in [-0.05, 0) is 31.5 Å². The summed E-state index contributed by atoms with van der Waals surface area (Å²) in [5.41, 5.74) is 4.42. The average Bonchev–Trinajstić information content (AvgIpc) is 2.98. The number of hydrogen-bond acceptors (Lipinski definition) is 5. The third-order valence-corrected chi connectivity index (χ3v) is 3.81. The molecule has 0 aliphatic heterocycles. The number of imidazole rings is 1. The molecule has 0 spiro atoms. The lowest BCUT2D eigenvalue weighted by Gasteiger charge is -2.10. The van der Waals surface area contributed by atoms with Gasteiger partial charge in [-0.3, -0.25) is 4.79 Å². The van der Waals surface area contributed by atoms with Crippen LogP contribution in [0.15, 0.2) is 23.7 Å². The summed E-state index contributed by atoms with van der Waals surface area (Å²) in [6, 6.07) is 5.62. The molecule has 0 atom stereocenters. The molecular formula is C14H14N4O2S. The summed E-state index contributed by atoms with van der Waals surface area (Å²) in [7, 11) is 1.57. The molecule has 1 aromatic carbocycles. The largest absolute Gasteiger partial charge is 0.495 e. The number of nitrogens with one attached hydrogen (secondary N) is 1. The van der Waals surface area contributed by atoms with E-state index in [1.807, 2.05) is 25.1 Å². The van der Waals surface area contributed by atoms with Crippen LogP contribution in [0.4, 0.5) is 5.69 Å². The first kappa shape index (κ1) is 13.6. The number of aromatic nitrogens is 3. The Kier molecular flexibility index (Phi) is 3.34. The maximum Gasteiger partial charge on any atom is 0.276 e. The predicted octanol–water partition coefficient (Wildman–Crippen LogP) is 2.67. The minimum atomic E-state index is -0.255. The van der Waals surface area contributed by atoms with Gasteiger partial charge in [-0.15, -0.1) is 0 Å². The Balaban J connectivity index is 1.98. The zero-order valence-electron chi connectivity index (χ0n) is 11.9. The van der Waals surface area contributed by atoms with Crippen molar-refractivity contribution >= 4 is 27.9 Å². The maximum absolute atomic E-state index is 12.5.